The molecule has 2 aromatic rings. The molecule has 0 bridgehead atoms. The summed E-state index contributed by atoms with van der Waals surface area (Å²) in [5, 5.41) is 1.28. The minimum absolute atomic E-state index is 0.322. The summed E-state index contributed by atoms with van der Waals surface area (Å²) < 4.78 is 0. The van der Waals surface area contributed by atoms with E-state index in [-0.39, 0.29) is 0 Å². The van der Waals surface area contributed by atoms with Crippen LogP contribution in [0.1, 0.15) is 5.56 Å². The Bertz CT molecular complexity index is 581. The lowest BCUT2D eigenvalue weighted by atomic mass is 10.1. The van der Waals surface area contributed by atoms with E-state index in [4.69, 9.17) is 11.6 Å². The third-order valence-electron chi connectivity index (χ3n) is 1.94. The smallest absolute Gasteiger partial charge is 0.193 e. The van der Waals surface area contributed by atoms with Crippen LogP contribution in [0.25, 0.3) is 10.9 Å². The van der Waals surface area contributed by atoms with E-state index in [2.05, 4.69) is 16.8 Å². The number of para-hydroxylation sites is 1. The normalized spacial score (nSPS) is 9.40. The molecule has 15 heavy (non-hydrogen) atoms. The largest absolute Gasteiger partial charge is 0.289 e. The average Bonchev–Trinajstić information content (AvgIpc) is 2.26. The predicted molar refractivity (Wildman–Crippen MR) is 59.7 cm³/mol. The summed E-state index contributed by atoms with van der Waals surface area (Å²) in [6.45, 7) is 0. The van der Waals surface area contributed by atoms with Gasteiger partial charge in [-0.2, -0.15) is 0 Å². The Balaban J connectivity index is 2.66. The molecule has 2 nitrogen and oxygen atoms in total. The molecular formula is C12H6ClNO. The minimum Gasteiger partial charge on any atom is -0.289 e. The van der Waals surface area contributed by atoms with Gasteiger partial charge in [0.25, 0.3) is 0 Å². The van der Waals surface area contributed by atoms with Crippen LogP contribution in [0.4, 0.5) is 0 Å². The maximum Gasteiger partial charge on any atom is 0.193 e. The molecule has 0 aliphatic rings. The van der Waals surface area contributed by atoms with Crippen molar-refractivity contribution in [3.05, 3.63) is 41.0 Å². The number of hydrogen-bond acceptors (Lipinski definition) is 2. The van der Waals surface area contributed by atoms with Gasteiger partial charge in [-0.05, 0) is 18.1 Å². The number of benzene rings is 1. The topological polar surface area (TPSA) is 30.0 Å². The molecule has 0 N–H and O–H groups in total. The molecule has 0 aliphatic heterocycles. The number of fused-ring (bicyclic) bond motifs is 1. The van der Waals surface area contributed by atoms with Crippen LogP contribution in [0.5, 0.6) is 0 Å². The Morgan fingerprint density at radius 1 is 1.33 bits per heavy atom. The first kappa shape index (κ1) is 9.70. The van der Waals surface area contributed by atoms with Gasteiger partial charge in [-0.15, -0.1) is 0 Å². The molecule has 0 amide bonds. The van der Waals surface area contributed by atoms with Gasteiger partial charge in [0.2, 0.25) is 0 Å². The third-order valence-corrected chi connectivity index (χ3v) is 2.23. The molecule has 1 aromatic carbocycles. The first-order chi connectivity index (χ1) is 7.31. The minimum atomic E-state index is 0.322. The third kappa shape index (κ3) is 1.98. The number of carbonyl (C=O) groups excluding carboxylic acids is 1. The van der Waals surface area contributed by atoms with E-state index >= 15 is 0 Å². The summed E-state index contributed by atoms with van der Waals surface area (Å²) in [6.07, 6.45) is 0.533. The molecule has 0 atom stereocenters. The zero-order valence-corrected chi connectivity index (χ0v) is 8.45. The molecular weight excluding hydrogens is 210 g/mol. The SMILES string of the molecule is O=CC#Cc1cc2ccccc2nc1Cl. The second-order valence-electron chi connectivity index (χ2n) is 2.91. The number of halogens is 1. The summed E-state index contributed by atoms with van der Waals surface area (Å²) in [4.78, 5) is 14.3. The second-order valence-corrected chi connectivity index (χ2v) is 3.26. The van der Waals surface area contributed by atoms with Crippen molar-refractivity contribution in [2.75, 3.05) is 0 Å². The molecule has 0 spiro atoms. The van der Waals surface area contributed by atoms with Crippen LogP contribution in [0.3, 0.4) is 0 Å². The van der Waals surface area contributed by atoms with Crippen LogP contribution in [0.2, 0.25) is 5.15 Å². The fourth-order valence-electron chi connectivity index (χ4n) is 1.29. The highest BCUT2D eigenvalue weighted by atomic mass is 35.5. The Morgan fingerprint density at radius 2 is 2.13 bits per heavy atom. The Labute approximate surface area is 91.9 Å². The number of pyridine rings is 1. The van der Waals surface area contributed by atoms with E-state index in [1.54, 1.807) is 0 Å². The van der Waals surface area contributed by atoms with E-state index in [1.165, 1.54) is 0 Å². The monoisotopic (exact) mass is 215 g/mol. The van der Waals surface area contributed by atoms with Gasteiger partial charge in [-0.3, -0.25) is 4.79 Å². The van der Waals surface area contributed by atoms with Crippen molar-refractivity contribution in [1.82, 2.24) is 4.98 Å². The standard InChI is InChI=1S/C12H6ClNO/c13-12-10(5-3-7-15)8-9-4-1-2-6-11(9)14-12/h1-2,4,6-8H. The van der Waals surface area contributed by atoms with E-state index in [0.29, 0.717) is 17.0 Å². The van der Waals surface area contributed by atoms with E-state index in [9.17, 15) is 4.79 Å². The summed E-state index contributed by atoms with van der Waals surface area (Å²) in [6, 6.07) is 9.42. The quantitative estimate of drug-likeness (QED) is 0.384. The highest BCUT2D eigenvalue weighted by molar-refractivity contribution is 6.31. The molecule has 2 rings (SSSR count). The van der Waals surface area contributed by atoms with Crippen LogP contribution < -0.4 is 0 Å². The molecule has 1 aromatic heterocycles. The van der Waals surface area contributed by atoms with Crippen LogP contribution in [-0.2, 0) is 4.79 Å². The zero-order valence-electron chi connectivity index (χ0n) is 7.70. The van der Waals surface area contributed by atoms with Gasteiger partial charge in [0.05, 0.1) is 11.1 Å². The van der Waals surface area contributed by atoms with Gasteiger partial charge >= 0.3 is 0 Å². The Hall–Kier alpha value is -1.85. The number of aldehydes is 1. The molecule has 3 heteroatoms. The maximum absolute atomic E-state index is 10.1. The lowest BCUT2D eigenvalue weighted by molar-refractivity contribution is -0.103. The molecule has 72 valence electrons. The van der Waals surface area contributed by atoms with E-state index < -0.39 is 0 Å². The molecule has 0 saturated carbocycles. The molecule has 1 heterocycles. The second kappa shape index (κ2) is 4.12. The highest BCUT2D eigenvalue weighted by Gasteiger charge is 2.01. The Morgan fingerprint density at radius 3 is 2.93 bits per heavy atom. The zero-order chi connectivity index (χ0) is 10.7. The summed E-state index contributed by atoms with van der Waals surface area (Å²) in [7, 11) is 0. The van der Waals surface area contributed by atoms with Crippen molar-refractivity contribution in [1.29, 1.82) is 0 Å². The van der Waals surface area contributed by atoms with Crippen molar-refractivity contribution in [3.8, 4) is 11.8 Å². The first-order valence-corrected chi connectivity index (χ1v) is 4.69. The molecule has 0 unspecified atom stereocenters. The molecule has 0 saturated heterocycles. The van der Waals surface area contributed by atoms with Crippen LogP contribution in [0, 0.1) is 11.8 Å². The first-order valence-electron chi connectivity index (χ1n) is 4.32. The van der Waals surface area contributed by atoms with Crippen molar-refractivity contribution in [3.63, 3.8) is 0 Å². The van der Waals surface area contributed by atoms with Gasteiger partial charge in [-0.1, -0.05) is 35.7 Å². The maximum atomic E-state index is 10.1. The average molecular weight is 216 g/mol. The lowest BCUT2D eigenvalue weighted by Gasteiger charge is -1.99. The lowest BCUT2D eigenvalue weighted by Crippen LogP contribution is -1.85. The van der Waals surface area contributed by atoms with Gasteiger partial charge < -0.3 is 0 Å². The van der Waals surface area contributed by atoms with E-state index in [1.807, 2.05) is 30.3 Å². The van der Waals surface area contributed by atoms with Crippen molar-refractivity contribution >= 4 is 28.8 Å². The highest BCUT2D eigenvalue weighted by Crippen LogP contribution is 2.19. The van der Waals surface area contributed by atoms with Crippen molar-refractivity contribution in [2.45, 2.75) is 0 Å². The van der Waals surface area contributed by atoms with Crippen LogP contribution in [-0.4, -0.2) is 11.3 Å². The number of carbonyl (C=O) groups is 1. The summed E-state index contributed by atoms with van der Waals surface area (Å²) in [5.41, 5.74) is 1.39. The Kier molecular flexibility index (Phi) is 2.66. The number of nitrogens with zero attached hydrogens (tertiary/aromatic N) is 1. The summed E-state index contributed by atoms with van der Waals surface area (Å²) in [5.74, 6) is 4.96. The number of hydrogen-bond donors (Lipinski definition) is 0. The van der Waals surface area contributed by atoms with Crippen LogP contribution in [0.15, 0.2) is 30.3 Å². The summed E-state index contributed by atoms with van der Waals surface area (Å²) >= 11 is 5.91. The van der Waals surface area contributed by atoms with E-state index in [0.717, 1.165) is 10.9 Å². The van der Waals surface area contributed by atoms with Gasteiger partial charge in [0.15, 0.2) is 6.29 Å². The molecule has 0 fully saturated rings. The molecule has 0 aliphatic carbocycles. The van der Waals surface area contributed by atoms with Crippen LogP contribution >= 0.6 is 11.6 Å². The number of rotatable bonds is 0. The fraction of sp³-hybridized carbons (Fsp3) is 0. The van der Waals surface area contributed by atoms with Crippen molar-refractivity contribution < 1.29 is 4.79 Å². The van der Waals surface area contributed by atoms with Crippen molar-refractivity contribution in [2.24, 2.45) is 0 Å². The van der Waals surface area contributed by atoms with Gasteiger partial charge in [0.1, 0.15) is 5.15 Å². The van der Waals surface area contributed by atoms with Gasteiger partial charge in [-0.25, -0.2) is 4.98 Å². The number of aromatic nitrogens is 1. The van der Waals surface area contributed by atoms with Gasteiger partial charge in [0, 0.05) is 5.39 Å². The fourth-order valence-corrected chi connectivity index (χ4v) is 1.48. The predicted octanol–water partition coefficient (Wildman–Crippen LogP) is 2.44. The molecule has 0 radical (unpaired) electrons.